The van der Waals surface area contributed by atoms with Crippen LogP contribution in [0.15, 0.2) is 84.9 Å². The molecule has 0 unspecified atom stereocenters. The molecule has 1 aliphatic heterocycles. The number of aliphatic hydroxyl groups excluding tert-OH is 3. The largest absolute Gasteiger partial charge is 0.457 e. The average molecular weight is 405 g/mol. The molecular weight excluding hydrogens is 378 g/mol. The molecule has 5 nitrogen and oxygen atoms in total. The second-order valence-corrected chi connectivity index (χ2v) is 7.72. The van der Waals surface area contributed by atoms with Crippen LogP contribution in [-0.2, 0) is 13.0 Å². The van der Waals surface area contributed by atoms with Crippen molar-refractivity contribution in [1.82, 2.24) is 4.90 Å². The van der Waals surface area contributed by atoms with Crippen LogP contribution in [0.3, 0.4) is 0 Å². The number of ether oxygens (including phenoxy) is 1. The number of hydrogen-bond donors (Lipinski definition) is 3. The Balaban J connectivity index is 1.55. The van der Waals surface area contributed by atoms with Crippen LogP contribution in [0.2, 0.25) is 0 Å². The maximum atomic E-state index is 10.7. The molecule has 1 saturated heterocycles. The number of hydrogen-bond acceptors (Lipinski definition) is 5. The van der Waals surface area contributed by atoms with Crippen LogP contribution in [0.5, 0.6) is 11.5 Å². The van der Waals surface area contributed by atoms with Gasteiger partial charge in [-0.25, -0.2) is 0 Å². The van der Waals surface area contributed by atoms with E-state index in [-0.39, 0.29) is 12.6 Å². The van der Waals surface area contributed by atoms with Gasteiger partial charge in [0.1, 0.15) is 11.5 Å². The van der Waals surface area contributed by atoms with Gasteiger partial charge in [-0.1, -0.05) is 60.7 Å². The molecule has 156 valence electrons. The highest BCUT2D eigenvalue weighted by molar-refractivity contribution is 5.34. The third kappa shape index (κ3) is 4.55. The minimum atomic E-state index is -0.993. The van der Waals surface area contributed by atoms with E-state index in [0.29, 0.717) is 13.0 Å². The highest BCUT2D eigenvalue weighted by atomic mass is 16.5. The van der Waals surface area contributed by atoms with Crippen molar-refractivity contribution in [3.05, 3.63) is 96.1 Å². The first-order chi connectivity index (χ1) is 14.7. The third-order valence-corrected chi connectivity index (χ3v) is 5.71. The smallest absolute Gasteiger partial charge is 0.127 e. The summed E-state index contributed by atoms with van der Waals surface area (Å²) < 4.78 is 5.93. The Bertz CT molecular complexity index is 934. The van der Waals surface area contributed by atoms with Gasteiger partial charge in [-0.3, -0.25) is 4.90 Å². The fourth-order valence-corrected chi connectivity index (χ4v) is 4.18. The molecule has 1 heterocycles. The summed E-state index contributed by atoms with van der Waals surface area (Å²) in [5.41, 5.74) is 2.07. The van der Waals surface area contributed by atoms with Crippen molar-refractivity contribution in [1.29, 1.82) is 0 Å². The van der Waals surface area contributed by atoms with Crippen molar-refractivity contribution in [3.8, 4) is 11.5 Å². The Labute approximate surface area is 176 Å². The van der Waals surface area contributed by atoms with Crippen molar-refractivity contribution in [3.63, 3.8) is 0 Å². The number of nitrogens with zero attached hydrogens (tertiary/aromatic N) is 1. The minimum absolute atomic E-state index is 0.219. The van der Waals surface area contributed by atoms with Gasteiger partial charge in [-0.05, 0) is 41.8 Å². The lowest BCUT2D eigenvalue weighted by Crippen LogP contribution is -2.41. The normalized spacial score (nSPS) is 24.1. The summed E-state index contributed by atoms with van der Waals surface area (Å²) in [5, 5.41) is 31.1. The third-order valence-electron chi connectivity index (χ3n) is 5.71. The SMILES string of the molecule is OC[C@@H]1[C@@H](O)[C@@H](O)[C@H](Cc2ccccc2)N1Cc1cccc(Oc2ccccc2)c1. The van der Waals surface area contributed by atoms with Crippen molar-refractivity contribution >= 4 is 0 Å². The van der Waals surface area contributed by atoms with Crippen LogP contribution in [0.1, 0.15) is 11.1 Å². The van der Waals surface area contributed by atoms with Crippen LogP contribution in [-0.4, -0.2) is 51.1 Å². The lowest BCUT2D eigenvalue weighted by molar-refractivity contribution is 0.0178. The van der Waals surface area contributed by atoms with E-state index in [1.807, 2.05) is 89.8 Å². The Morgan fingerprint density at radius 2 is 1.30 bits per heavy atom. The Morgan fingerprint density at radius 1 is 0.700 bits per heavy atom. The average Bonchev–Trinajstić information content (AvgIpc) is 2.99. The van der Waals surface area contributed by atoms with Gasteiger partial charge in [0.25, 0.3) is 0 Å². The van der Waals surface area contributed by atoms with Gasteiger partial charge >= 0.3 is 0 Å². The Hall–Kier alpha value is -2.70. The zero-order valence-corrected chi connectivity index (χ0v) is 16.7. The Kier molecular flexibility index (Phi) is 6.45. The van der Waals surface area contributed by atoms with E-state index in [1.54, 1.807) is 0 Å². The van der Waals surface area contributed by atoms with Gasteiger partial charge in [0.15, 0.2) is 0 Å². The van der Waals surface area contributed by atoms with Crippen molar-refractivity contribution in [2.24, 2.45) is 0 Å². The summed E-state index contributed by atoms with van der Waals surface area (Å²) in [5.74, 6) is 1.48. The molecule has 0 aromatic heterocycles. The number of likely N-dealkylation sites (tertiary alicyclic amines) is 1. The topological polar surface area (TPSA) is 73.2 Å². The van der Waals surface area contributed by atoms with E-state index in [2.05, 4.69) is 0 Å². The van der Waals surface area contributed by atoms with Gasteiger partial charge in [0.05, 0.1) is 24.9 Å². The molecular formula is C25H27NO4. The predicted octanol–water partition coefficient (Wildman–Crippen LogP) is 2.99. The van der Waals surface area contributed by atoms with E-state index in [9.17, 15) is 15.3 Å². The molecule has 3 N–H and O–H groups in total. The lowest BCUT2D eigenvalue weighted by Gasteiger charge is -2.30. The standard InChI is InChI=1S/C25H27NO4/c27-17-23-25(29)24(28)22(15-18-8-3-1-4-9-18)26(23)16-19-10-7-13-21(14-19)30-20-11-5-2-6-12-20/h1-14,22-25,27-29H,15-17H2/t22-,23+,24-,25+/m0/s1. The first-order valence-corrected chi connectivity index (χ1v) is 10.2. The molecule has 30 heavy (non-hydrogen) atoms. The predicted molar refractivity (Wildman–Crippen MR) is 115 cm³/mol. The van der Waals surface area contributed by atoms with Gasteiger partial charge in [-0.2, -0.15) is 0 Å². The molecule has 3 aromatic carbocycles. The molecule has 0 aliphatic carbocycles. The first kappa shape index (κ1) is 20.6. The molecule has 1 fully saturated rings. The monoisotopic (exact) mass is 405 g/mol. The lowest BCUT2D eigenvalue weighted by atomic mass is 10.0. The number of rotatable bonds is 7. The second kappa shape index (κ2) is 9.41. The van der Waals surface area contributed by atoms with Crippen LogP contribution < -0.4 is 4.74 Å². The fraction of sp³-hybridized carbons (Fsp3) is 0.280. The van der Waals surface area contributed by atoms with E-state index in [4.69, 9.17) is 4.74 Å². The van der Waals surface area contributed by atoms with Crippen molar-refractivity contribution in [2.45, 2.75) is 37.3 Å². The molecule has 4 rings (SSSR count). The molecule has 0 spiro atoms. The molecule has 0 radical (unpaired) electrons. The van der Waals surface area contributed by atoms with Gasteiger partial charge in [-0.15, -0.1) is 0 Å². The summed E-state index contributed by atoms with van der Waals surface area (Å²) in [6, 6.07) is 26.4. The summed E-state index contributed by atoms with van der Waals surface area (Å²) in [6.07, 6.45) is -1.32. The highest BCUT2D eigenvalue weighted by Crippen LogP contribution is 2.31. The van der Waals surface area contributed by atoms with Crippen molar-refractivity contribution in [2.75, 3.05) is 6.61 Å². The maximum Gasteiger partial charge on any atom is 0.127 e. The van der Waals surface area contributed by atoms with E-state index in [1.165, 1.54) is 0 Å². The molecule has 4 atom stereocenters. The van der Waals surface area contributed by atoms with Crippen LogP contribution in [0.25, 0.3) is 0 Å². The molecule has 3 aromatic rings. The van der Waals surface area contributed by atoms with Crippen LogP contribution in [0, 0.1) is 0 Å². The molecule has 5 heteroatoms. The number of benzene rings is 3. The summed E-state index contributed by atoms with van der Waals surface area (Å²) in [7, 11) is 0. The quantitative estimate of drug-likeness (QED) is 0.564. The van der Waals surface area contributed by atoms with Crippen LogP contribution in [0.4, 0.5) is 0 Å². The van der Waals surface area contributed by atoms with Crippen molar-refractivity contribution < 1.29 is 20.1 Å². The maximum absolute atomic E-state index is 10.7. The summed E-state index contributed by atoms with van der Waals surface area (Å²) >= 11 is 0. The van der Waals surface area contributed by atoms with E-state index >= 15 is 0 Å². The summed E-state index contributed by atoms with van der Waals surface area (Å²) in [4.78, 5) is 2.00. The molecule has 1 aliphatic rings. The van der Waals surface area contributed by atoms with E-state index < -0.39 is 18.2 Å². The number of para-hydroxylation sites is 1. The van der Waals surface area contributed by atoms with Gasteiger partial charge < -0.3 is 20.1 Å². The number of aliphatic hydroxyl groups is 3. The summed E-state index contributed by atoms with van der Waals surface area (Å²) in [6.45, 7) is 0.270. The van der Waals surface area contributed by atoms with E-state index in [0.717, 1.165) is 22.6 Å². The van der Waals surface area contributed by atoms with Crippen LogP contribution >= 0.6 is 0 Å². The second-order valence-electron chi connectivity index (χ2n) is 7.72. The zero-order chi connectivity index (χ0) is 20.9. The molecule has 0 saturated carbocycles. The van der Waals surface area contributed by atoms with Gasteiger partial charge in [0.2, 0.25) is 0 Å². The molecule has 0 bridgehead atoms. The molecule has 0 amide bonds. The minimum Gasteiger partial charge on any atom is -0.457 e. The van der Waals surface area contributed by atoms with Gasteiger partial charge in [0, 0.05) is 12.6 Å². The zero-order valence-electron chi connectivity index (χ0n) is 16.7. The Morgan fingerprint density at radius 3 is 2.00 bits per heavy atom. The first-order valence-electron chi connectivity index (χ1n) is 10.2. The fourth-order valence-electron chi connectivity index (χ4n) is 4.18. The highest BCUT2D eigenvalue weighted by Gasteiger charge is 2.46.